The lowest BCUT2D eigenvalue weighted by Gasteiger charge is -2.34. The van der Waals surface area contributed by atoms with E-state index in [2.05, 4.69) is 92.2 Å². The molecule has 17 heteroatoms. The van der Waals surface area contributed by atoms with Crippen molar-refractivity contribution in [1.82, 2.24) is 29.4 Å². The van der Waals surface area contributed by atoms with Gasteiger partial charge in [-0.3, -0.25) is 0 Å². The third-order valence-corrected chi connectivity index (χ3v) is 19.2. The van der Waals surface area contributed by atoms with E-state index in [9.17, 15) is 21.6 Å². The summed E-state index contributed by atoms with van der Waals surface area (Å²) in [5, 5.41) is 0.887. The molecule has 0 aliphatic heterocycles. The lowest BCUT2D eigenvalue weighted by molar-refractivity contribution is 0.0525. The van der Waals surface area contributed by atoms with Crippen LogP contribution in [0.3, 0.4) is 0 Å². The molecule has 8 aromatic carbocycles. The topological polar surface area (TPSA) is 185 Å². The average molecular weight is 1230 g/mol. The van der Waals surface area contributed by atoms with Crippen LogP contribution in [0.15, 0.2) is 243 Å². The van der Waals surface area contributed by atoms with Crippen LogP contribution < -0.4 is 9.44 Å². The highest BCUT2D eigenvalue weighted by molar-refractivity contribution is 7.89. The van der Waals surface area contributed by atoms with Crippen molar-refractivity contribution >= 4 is 49.4 Å². The van der Waals surface area contributed by atoms with Crippen molar-refractivity contribution in [2.45, 2.75) is 61.4 Å². The number of halogens is 2. The molecule has 2 aromatic heterocycles. The molecule has 0 aliphatic carbocycles. The lowest BCUT2D eigenvalue weighted by atomic mass is 9.69. The van der Waals surface area contributed by atoms with Gasteiger partial charge in [0.25, 0.3) is 0 Å². The summed E-state index contributed by atoms with van der Waals surface area (Å²) in [5.41, 5.74) is 6.37. The van der Waals surface area contributed by atoms with Crippen molar-refractivity contribution in [3.63, 3.8) is 0 Å². The van der Waals surface area contributed by atoms with Crippen LogP contribution in [-0.4, -0.2) is 67.6 Å². The Labute approximate surface area is 513 Å². The van der Waals surface area contributed by atoms with E-state index >= 15 is 0 Å². The summed E-state index contributed by atoms with van der Waals surface area (Å²) in [4.78, 5) is 30.7. The van der Waals surface area contributed by atoms with Crippen LogP contribution in [0.5, 0.6) is 0 Å². The maximum atomic E-state index is 14.1. The Morgan fingerprint density at radius 1 is 0.430 bits per heavy atom. The van der Waals surface area contributed by atoms with Gasteiger partial charge in [0.2, 0.25) is 20.0 Å². The SMILES string of the molecule is O=C(OCCCC(CS(=O)(=O)NCc1ccccc1Cl)c1cnc(C(c2ccccc2)(c2ccccc2)c2ccccc2)[nH]1)OCCCC(CS(=O)(=O)NCc1ccccc1Cl)c1cnc(C(c2ccccc2)(c2ccccc2)c2ccccc2)[nH]1. The Hall–Kier alpha value is -8.15. The molecule has 0 spiro atoms. The second kappa shape index (κ2) is 28.4. The number of hydrogen-bond donors (Lipinski definition) is 4. The minimum Gasteiger partial charge on any atom is -0.434 e. The zero-order chi connectivity index (χ0) is 59.8. The van der Waals surface area contributed by atoms with E-state index in [0.717, 1.165) is 33.4 Å². The molecule has 86 heavy (non-hydrogen) atoms. The van der Waals surface area contributed by atoms with Gasteiger partial charge in [-0.05, 0) is 82.3 Å². The number of carbonyl (C=O) groups is 1. The minimum absolute atomic E-state index is 0.00549. The highest BCUT2D eigenvalue weighted by Gasteiger charge is 2.43. The van der Waals surface area contributed by atoms with E-state index in [-0.39, 0.29) is 63.5 Å². The van der Waals surface area contributed by atoms with Crippen LogP contribution >= 0.6 is 23.2 Å². The first-order valence-corrected chi connectivity index (χ1v) is 32.6. The van der Waals surface area contributed by atoms with Crippen LogP contribution in [0.2, 0.25) is 10.0 Å². The molecule has 2 unspecified atom stereocenters. The number of carbonyl (C=O) groups excluding carboxylic acids is 1. The Morgan fingerprint density at radius 3 is 1.00 bits per heavy atom. The number of aromatic amines is 2. The zero-order valence-corrected chi connectivity index (χ0v) is 50.3. The summed E-state index contributed by atoms with van der Waals surface area (Å²) in [6, 6.07) is 74.6. The summed E-state index contributed by atoms with van der Waals surface area (Å²) in [6.07, 6.45) is 3.60. The van der Waals surface area contributed by atoms with Gasteiger partial charge >= 0.3 is 6.16 Å². The molecular weight excluding hydrogens is 1160 g/mol. The van der Waals surface area contributed by atoms with Gasteiger partial charge < -0.3 is 19.4 Å². The monoisotopic (exact) mass is 1220 g/mol. The molecule has 10 aromatic rings. The van der Waals surface area contributed by atoms with Gasteiger partial charge in [-0.15, -0.1) is 0 Å². The average Bonchev–Trinajstić information content (AvgIpc) is 1.43. The maximum absolute atomic E-state index is 14.1. The predicted molar refractivity (Wildman–Crippen MR) is 339 cm³/mol. The first-order valence-electron chi connectivity index (χ1n) is 28.5. The summed E-state index contributed by atoms with van der Waals surface area (Å²) < 4.78 is 73.0. The number of ether oxygens (including phenoxy) is 2. The second-order valence-corrected chi connectivity index (χ2v) is 25.6. The van der Waals surface area contributed by atoms with Crippen molar-refractivity contribution in [3.8, 4) is 0 Å². The smallest absolute Gasteiger partial charge is 0.434 e. The predicted octanol–water partition coefficient (Wildman–Crippen LogP) is 14.0. The quantitative estimate of drug-likeness (QED) is 0.0210. The summed E-state index contributed by atoms with van der Waals surface area (Å²) in [7, 11) is -7.88. The van der Waals surface area contributed by atoms with Crippen LogP contribution in [-0.2, 0) is 53.4 Å². The molecule has 10 rings (SSSR count). The van der Waals surface area contributed by atoms with E-state index in [1.807, 2.05) is 109 Å². The number of sulfonamides is 2. The largest absolute Gasteiger partial charge is 0.508 e. The van der Waals surface area contributed by atoms with Gasteiger partial charge in [0.05, 0.1) is 24.7 Å². The first kappa shape index (κ1) is 61.0. The molecule has 0 saturated carbocycles. The van der Waals surface area contributed by atoms with E-state index in [1.54, 1.807) is 60.9 Å². The van der Waals surface area contributed by atoms with Crippen LogP contribution in [0.25, 0.3) is 0 Å². The number of imidazole rings is 2. The standard InChI is InChI=1S/C69H66Cl2N6O7S2/c70-61-41-21-19-25-51(61)45-74-85(79,80)49-53(63-47-72-65(76-63)68(55-29-7-1-8-30-55,56-31-9-2-10-32-56)57-33-11-3-12-34-57)27-23-43-83-67(78)84-44-24-28-54(50-86(81,82)75-46-52-26-20-22-42-62(52)71)64-48-73-66(77-64)69(58-35-13-4-14-36-58,59-37-15-5-16-38-59)60-39-17-6-18-40-60/h1-22,25-26,29-42,47-48,53-54,74-75H,23-24,27-28,43-46,49-50H2,(H,72,76)(H,73,77). The van der Waals surface area contributed by atoms with Gasteiger partial charge in [-0.25, -0.2) is 41.0 Å². The number of hydrogen-bond acceptors (Lipinski definition) is 9. The third kappa shape index (κ3) is 14.4. The molecule has 2 heterocycles. The fraction of sp³-hybridized carbons (Fsp3) is 0.203. The highest BCUT2D eigenvalue weighted by atomic mass is 35.5. The third-order valence-electron chi connectivity index (χ3n) is 15.6. The van der Waals surface area contributed by atoms with Crippen molar-refractivity contribution in [2.24, 2.45) is 0 Å². The van der Waals surface area contributed by atoms with E-state index in [0.29, 0.717) is 44.2 Å². The number of benzene rings is 8. The molecule has 0 saturated heterocycles. The molecular formula is C69H66Cl2N6O7S2. The highest BCUT2D eigenvalue weighted by Crippen LogP contribution is 2.46. The first-order chi connectivity index (χ1) is 41.9. The lowest BCUT2D eigenvalue weighted by Crippen LogP contribution is -2.32. The van der Waals surface area contributed by atoms with Crippen molar-refractivity contribution in [3.05, 3.63) is 321 Å². The van der Waals surface area contributed by atoms with Crippen LogP contribution in [0.4, 0.5) is 4.79 Å². The Morgan fingerprint density at radius 2 is 0.709 bits per heavy atom. The number of aromatic nitrogens is 4. The fourth-order valence-corrected chi connectivity index (χ4v) is 14.5. The number of rotatable bonds is 28. The fourth-order valence-electron chi connectivity index (χ4n) is 11.4. The van der Waals surface area contributed by atoms with E-state index < -0.39 is 48.9 Å². The Bertz CT molecular complexity index is 3560. The van der Waals surface area contributed by atoms with Crippen LogP contribution in [0, 0.1) is 0 Å². The number of nitrogens with zero attached hydrogens (tertiary/aromatic N) is 2. The molecule has 440 valence electrons. The molecule has 0 radical (unpaired) electrons. The number of H-pyrrole nitrogens is 2. The summed E-state index contributed by atoms with van der Waals surface area (Å²) in [6.45, 7) is -0.165. The minimum atomic E-state index is -3.94. The molecule has 4 N–H and O–H groups in total. The summed E-state index contributed by atoms with van der Waals surface area (Å²) >= 11 is 12.9. The second-order valence-electron chi connectivity index (χ2n) is 21.1. The summed E-state index contributed by atoms with van der Waals surface area (Å²) in [5.74, 6) is -0.684. The van der Waals surface area contributed by atoms with E-state index in [1.165, 1.54) is 0 Å². The van der Waals surface area contributed by atoms with Gasteiger partial charge in [0.1, 0.15) is 22.5 Å². The normalized spacial score (nSPS) is 12.8. The molecule has 0 bridgehead atoms. The maximum Gasteiger partial charge on any atom is 0.508 e. The van der Waals surface area contributed by atoms with Gasteiger partial charge in [-0.2, -0.15) is 0 Å². The molecule has 0 amide bonds. The van der Waals surface area contributed by atoms with Gasteiger partial charge in [-0.1, -0.05) is 242 Å². The molecule has 13 nitrogen and oxygen atoms in total. The molecule has 0 aliphatic rings. The van der Waals surface area contributed by atoms with Crippen LogP contribution in [0.1, 0.15) is 105 Å². The Balaban J connectivity index is 0.857. The molecule has 2 atom stereocenters. The number of nitrogens with one attached hydrogen (secondary N) is 4. The van der Waals surface area contributed by atoms with Crippen molar-refractivity contribution in [2.75, 3.05) is 24.7 Å². The van der Waals surface area contributed by atoms with Gasteiger partial charge in [0, 0.05) is 58.8 Å². The zero-order valence-electron chi connectivity index (χ0n) is 47.1. The van der Waals surface area contributed by atoms with Crippen molar-refractivity contribution in [1.29, 1.82) is 0 Å². The van der Waals surface area contributed by atoms with E-state index in [4.69, 9.17) is 42.6 Å². The van der Waals surface area contributed by atoms with Crippen molar-refractivity contribution < 1.29 is 31.1 Å². The molecule has 0 fully saturated rings. The van der Waals surface area contributed by atoms with Gasteiger partial charge in [0.15, 0.2) is 0 Å². The Kier molecular flexibility index (Phi) is 20.1.